The number of methoxy groups -OCH3 is 1. The monoisotopic (exact) mass is 478 g/mol. The zero-order valence-corrected chi connectivity index (χ0v) is 19.2. The third-order valence-electron chi connectivity index (χ3n) is 5.51. The standard InChI is InChI=1S/C25H23ClN4O4/c1-34-20-12-7-11-19(14-20)30-24(32)28(15-18-10-5-6-13-21(18)26)23(31)29(25(30)33)16-22(27)17-8-3-2-4-9-17/h2-14,22H,15-16,27H2,1H3. The summed E-state index contributed by atoms with van der Waals surface area (Å²) >= 11 is 6.28. The van der Waals surface area contributed by atoms with Crippen molar-refractivity contribution >= 4 is 11.6 Å². The highest BCUT2D eigenvalue weighted by Crippen LogP contribution is 2.16. The summed E-state index contributed by atoms with van der Waals surface area (Å²) < 4.78 is 8.15. The number of hydrogen-bond donors (Lipinski definition) is 1. The van der Waals surface area contributed by atoms with Crippen molar-refractivity contribution in [3.8, 4) is 11.4 Å². The number of nitrogens with zero attached hydrogens (tertiary/aromatic N) is 3. The van der Waals surface area contributed by atoms with Gasteiger partial charge in [0.2, 0.25) is 0 Å². The predicted octanol–water partition coefficient (Wildman–Crippen LogP) is 2.57. The number of halogens is 1. The fourth-order valence-corrected chi connectivity index (χ4v) is 3.89. The van der Waals surface area contributed by atoms with E-state index in [-0.39, 0.29) is 18.8 Å². The third-order valence-corrected chi connectivity index (χ3v) is 5.88. The van der Waals surface area contributed by atoms with Crippen molar-refractivity contribution < 1.29 is 4.74 Å². The summed E-state index contributed by atoms with van der Waals surface area (Å²) in [5.74, 6) is 0.459. The first-order chi connectivity index (χ1) is 16.4. The second-order valence-electron chi connectivity index (χ2n) is 7.69. The molecule has 174 valence electrons. The molecule has 0 spiro atoms. The number of aromatic nitrogens is 3. The van der Waals surface area contributed by atoms with Gasteiger partial charge in [0.25, 0.3) is 0 Å². The average Bonchev–Trinajstić information content (AvgIpc) is 2.86. The van der Waals surface area contributed by atoms with Gasteiger partial charge in [0.05, 0.1) is 25.9 Å². The first-order valence-electron chi connectivity index (χ1n) is 10.6. The molecule has 0 aliphatic rings. The van der Waals surface area contributed by atoms with Gasteiger partial charge in [-0.05, 0) is 29.3 Å². The quantitative estimate of drug-likeness (QED) is 0.440. The van der Waals surface area contributed by atoms with Gasteiger partial charge in [0, 0.05) is 17.1 Å². The van der Waals surface area contributed by atoms with Gasteiger partial charge in [-0.1, -0.05) is 66.2 Å². The molecule has 1 unspecified atom stereocenters. The van der Waals surface area contributed by atoms with E-state index in [1.807, 2.05) is 30.3 Å². The first kappa shape index (κ1) is 23.3. The fourth-order valence-electron chi connectivity index (χ4n) is 3.69. The molecule has 1 aromatic heterocycles. The van der Waals surface area contributed by atoms with E-state index < -0.39 is 23.1 Å². The van der Waals surface area contributed by atoms with Crippen LogP contribution in [0.1, 0.15) is 17.2 Å². The van der Waals surface area contributed by atoms with Gasteiger partial charge in [0.1, 0.15) is 5.75 Å². The molecule has 8 nitrogen and oxygen atoms in total. The molecule has 1 atom stereocenters. The van der Waals surface area contributed by atoms with Gasteiger partial charge in [-0.15, -0.1) is 0 Å². The van der Waals surface area contributed by atoms with Crippen molar-refractivity contribution in [1.29, 1.82) is 0 Å². The smallest absolute Gasteiger partial charge is 0.341 e. The maximum atomic E-state index is 13.4. The van der Waals surface area contributed by atoms with E-state index in [9.17, 15) is 14.4 Å². The van der Waals surface area contributed by atoms with Crippen LogP contribution in [-0.2, 0) is 13.1 Å². The number of benzene rings is 3. The molecule has 0 saturated heterocycles. The van der Waals surface area contributed by atoms with Crippen LogP contribution >= 0.6 is 11.6 Å². The molecule has 0 radical (unpaired) electrons. The molecule has 3 aromatic carbocycles. The van der Waals surface area contributed by atoms with Crippen LogP contribution in [0.3, 0.4) is 0 Å². The lowest BCUT2D eigenvalue weighted by molar-refractivity contribution is 0.414. The second kappa shape index (κ2) is 9.94. The first-order valence-corrected chi connectivity index (χ1v) is 10.9. The molecule has 4 aromatic rings. The van der Waals surface area contributed by atoms with E-state index in [2.05, 4.69) is 0 Å². The molecule has 0 fully saturated rings. The van der Waals surface area contributed by atoms with Crippen molar-refractivity contribution in [1.82, 2.24) is 13.7 Å². The van der Waals surface area contributed by atoms with Gasteiger partial charge in [-0.25, -0.2) is 28.1 Å². The molecule has 9 heteroatoms. The molecular weight excluding hydrogens is 456 g/mol. The van der Waals surface area contributed by atoms with Gasteiger partial charge < -0.3 is 10.5 Å². The Hall–Kier alpha value is -3.88. The number of hydrogen-bond acceptors (Lipinski definition) is 5. The summed E-state index contributed by atoms with van der Waals surface area (Å²) in [6.07, 6.45) is 0. The lowest BCUT2D eigenvalue weighted by atomic mass is 10.1. The van der Waals surface area contributed by atoms with E-state index in [4.69, 9.17) is 22.1 Å². The second-order valence-corrected chi connectivity index (χ2v) is 8.10. The Morgan fingerprint density at radius 1 is 0.853 bits per heavy atom. The minimum atomic E-state index is -0.787. The van der Waals surface area contributed by atoms with E-state index in [0.29, 0.717) is 16.3 Å². The molecule has 0 saturated carbocycles. The van der Waals surface area contributed by atoms with Gasteiger partial charge in [0.15, 0.2) is 0 Å². The van der Waals surface area contributed by atoms with Crippen molar-refractivity contribution in [2.24, 2.45) is 5.73 Å². The number of ether oxygens (including phenoxy) is 1. The van der Waals surface area contributed by atoms with Crippen LogP contribution in [0.25, 0.3) is 5.69 Å². The summed E-state index contributed by atoms with van der Waals surface area (Å²) in [7, 11) is 1.48. The molecule has 0 bridgehead atoms. The zero-order valence-electron chi connectivity index (χ0n) is 18.4. The third kappa shape index (κ3) is 4.59. The van der Waals surface area contributed by atoms with Crippen molar-refractivity contribution in [3.63, 3.8) is 0 Å². The lowest BCUT2D eigenvalue weighted by Crippen LogP contribution is -2.54. The van der Waals surface area contributed by atoms with Crippen molar-refractivity contribution in [2.75, 3.05) is 7.11 Å². The molecule has 4 rings (SSSR count). The molecule has 0 aliphatic carbocycles. The van der Waals surface area contributed by atoms with Crippen LogP contribution in [0.5, 0.6) is 5.75 Å². The fraction of sp³-hybridized carbons (Fsp3) is 0.160. The zero-order chi connectivity index (χ0) is 24.2. The summed E-state index contributed by atoms with van der Waals surface area (Å²) in [5.41, 5.74) is 5.58. The van der Waals surface area contributed by atoms with Crippen LogP contribution in [0.15, 0.2) is 93.2 Å². The summed E-state index contributed by atoms with van der Waals surface area (Å²) in [4.78, 5) is 40.3. The molecule has 0 amide bonds. The van der Waals surface area contributed by atoms with Crippen molar-refractivity contribution in [3.05, 3.63) is 126 Å². The Morgan fingerprint density at radius 2 is 1.53 bits per heavy atom. The van der Waals surface area contributed by atoms with Crippen LogP contribution in [-0.4, -0.2) is 20.8 Å². The summed E-state index contributed by atoms with van der Waals surface area (Å²) in [6.45, 7) is -0.226. The summed E-state index contributed by atoms with van der Waals surface area (Å²) in [5, 5.41) is 0.403. The SMILES string of the molecule is COc1cccc(-n2c(=O)n(Cc3ccccc3Cl)c(=O)n(CC(N)c3ccccc3)c2=O)c1. The van der Waals surface area contributed by atoms with E-state index in [1.54, 1.807) is 48.5 Å². The molecule has 34 heavy (non-hydrogen) atoms. The Morgan fingerprint density at radius 3 is 2.24 bits per heavy atom. The minimum Gasteiger partial charge on any atom is -0.497 e. The van der Waals surface area contributed by atoms with E-state index in [0.717, 1.165) is 19.3 Å². The Balaban J connectivity index is 1.93. The van der Waals surface area contributed by atoms with Gasteiger partial charge in [-0.2, -0.15) is 0 Å². The molecule has 1 heterocycles. The average molecular weight is 479 g/mol. The van der Waals surface area contributed by atoms with Crippen LogP contribution < -0.4 is 27.5 Å². The summed E-state index contributed by atoms with van der Waals surface area (Å²) in [6, 6.07) is 21.9. The Kier molecular flexibility index (Phi) is 6.81. The van der Waals surface area contributed by atoms with E-state index in [1.165, 1.54) is 7.11 Å². The predicted molar refractivity (Wildman–Crippen MR) is 131 cm³/mol. The largest absolute Gasteiger partial charge is 0.497 e. The molecular formula is C25H23ClN4O4. The van der Waals surface area contributed by atoms with Gasteiger partial charge in [-0.3, -0.25) is 0 Å². The molecule has 0 aliphatic heterocycles. The highest BCUT2D eigenvalue weighted by Gasteiger charge is 2.20. The highest BCUT2D eigenvalue weighted by molar-refractivity contribution is 6.31. The topological polar surface area (TPSA) is 101 Å². The number of rotatable bonds is 7. The Bertz CT molecular complexity index is 1490. The number of nitrogens with two attached hydrogens (primary N) is 1. The highest BCUT2D eigenvalue weighted by atomic mass is 35.5. The lowest BCUT2D eigenvalue weighted by Gasteiger charge is -2.18. The van der Waals surface area contributed by atoms with Crippen LogP contribution in [0.4, 0.5) is 0 Å². The van der Waals surface area contributed by atoms with Crippen molar-refractivity contribution in [2.45, 2.75) is 19.1 Å². The maximum absolute atomic E-state index is 13.4. The van der Waals surface area contributed by atoms with E-state index >= 15 is 0 Å². The maximum Gasteiger partial charge on any atom is 0.341 e. The molecule has 2 N–H and O–H groups in total. The van der Waals surface area contributed by atoms with Gasteiger partial charge >= 0.3 is 17.1 Å². The van der Waals surface area contributed by atoms with Crippen LogP contribution in [0.2, 0.25) is 5.02 Å². The minimum absolute atomic E-state index is 0.109. The Labute approximate surface area is 200 Å². The van der Waals surface area contributed by atoms with Crippen LogP contribution in [0, 0.1) is 0 Å². The normalized spacial score (nSPS) is 11.9.